The lowest BCUT2D eigenvalue weighted by Crippen LogP contribution is -2.28. The number of hydrogen-bond donors (Lipinski definition) is 2. The van der Waals surface area contributed by atoms with Crippen LogP contribution in [0.3, 0.4) is 0 Å². The molecule has 21 heavy (non-hydrogen) atoms. The van der Waals surface area contributed by atoms with Crippen molar-refractivity contribution in [3.05, 3.63) is 29.8 Å². The molecule has 5 nitrogen and oxygen atoms in total. The SMILES string of the molecule is CCC(=O)NCC(=O)SCC(=O)Nc1ccccc1CC. The summed E-state index contributed by atoms with van der Waals surface area (Å²) in [5.41, 5.74) is 1.83. The second kappa shape index (κ2) is 9.18. The van der Waals surface area contributed by atoms with E-state index in [2.05, 4.69) is 10.6 Å². The molecule has 0 aromatic heterocycles. The van der Waals surface area contributed by atoms with E-state index in [0.29, 0.717) is 6.42 Å². The standard InChI is InChI=1S/C15H20N2O3S/c1-3-11-7-5-6-8-12(11)17-14(19)10-21-15(20)9-16-13(18)4-2/h5-8H,3-4,9-10H2,1-2H3,(H,16,18)(H,17,19). The minimum atomic E-state index is -0.226. The van der Waals surface area contributed by atoms with Crippen LogP contribution in [0.25, 0.3) is 0 Å². The maximum atomic E-state index is 11.8. The highest BCUT2D eigenvalue weighted by Gasteiger charge is 2.10. The van der Waals surface area contributed by atoms with Gasteiger partial charge < -0.3 is 10.6 Å². The Kier molecular flexibility index (Phi) is 7.53. The number of carbonyl (C=O) groups excluding carboxylic acids is 3. The largest absolute Gasteiger partial charge is 0.348 e. The molecule has 114 valence electrons. The van der Waals surface area contributed by atoms with Gasteiger partial charge in [-0.05, 0) is 18.1 Å². The summed E-state index contributed by atoms with van der Waals surface area (Å²) in [4.78, 5) is 34.3. The van der Waals surface area contributed by atoms with Crippen LogP contribution < -0.4 is 10.6 Å². The van der Waals surface area contributed by atoms with Crippen LogP contribution in [-0.2, 0) is 20.8 Å². The monoisotopic (exact) mass is 308 g/mol. The van der Waals surface area contributed by atoms with Gasteiger partial charge in [-0.1, -0.05) is 43.8 Å². The number of thioether (sulfide) groups is 1. The molecule has 0 atom stereocenters. The molecule has 2 N–H and O–H groups in total. The summed E-state index contributed by atoms with van der Waals surface area (Å²) in [5, 5.41) is 5.05. The van der Waals surface area contributed by atoms with Crippen molar-refractivity contribution >= 4 is 34.4 Å². The molecule has 0 unspecified atom stereocenters. The van der Waals surface area contributed by atoms with Crippen LogP contribution in [0.4, 0.5) is 5.69 Å². The van der Waals surface area contributed by atoms with Crippen LogP contribution >= 0.6 is 11.8 Å². The Morgan fingerprint density at radius 1 is 1.10 bits per heavy atom. The smallest absolute Gasteiger partial charge is 0.234 e. The van der Waals surface area contributed by atoms with Crippen LogP contribution in [-0.4, -0.2) is 29.2 Å². The van der Waals surface area contributed by atoms with E-state index in [1.807, 2.05) is 31.2 Å². The van der Waals surface area contributed by atoms with E-state index in [4.69, 9.17) is 0 Å². The topological polar surface area (TPSA) is 75.3 Å². The Labute approximate surface area is 128 Å². The first-order valence-electron chi connectivity index (χ1n) is 6.86. The quantitative estimate of drug-likeness (QED) is 0.807. The van der Waals surface area contributed by atoms with E-state index in [9.17, 15) is 14.4 Å². The van der Waals surface area contributed by atoms with E-state index < -0.39 is 0 Å². The van der Waals surface area contributed by atoms with E-state index in [-0.39, 0.29) is 29.2 Å². The fourth-order valence-electron chi connectivity index (χ4n) is 1.63. The highest BCUT2D eigenvalue weighted by molar-refractivity contribution is 8.14. The molecule has 0 spiro atoms. The minimum Gasteiger partial charge on any atom is -0.348 e. The third kappa shape index (κ3) is 6.44. The van der Waals surface area contributed by atoms with Gasteiger partial charge in [0.1, 0.15) is 0 Å². The first kappa shape index (κ1) is 17.2. The van der Waals surface area contributed by atoms with Crippen molar-refractivity contribution in [2.24, 2.45) is 0 Å². The zero-order chi connectivity index (χ0) is 15.7. The average molecular weight is 308 g/mol. The van der Waals surface area contributed by atoms with E-state index in [1.165, 1.54) is 0 Å². The van der Waals surface area contributed by atoms with Crippen molar-refractivity contribution in [2.75, 3.05) is 17.6 Å². The lowest BCUT2D eigenvalue weighted by Gasteiger charge is -2.09. The summed E-state index contributed by atoms with van der Waals surface area (Å²) in [6.45, 7) is 3.68. The highest BCUT2D eigenvalue weighted by Crippen LogP contribution is 2.15. The van der Waals surface area contributed by atoms with Gasteiger partial charge in [-0.15, -0.1) is 0 Å². The number of aryl methyl sites for hydroxylation is 1. The van der Waals surface area contributed by atoms with Crippen molar-refractivity contribution in [2.45, 2.75) is 26.7 Å². The van der Waals surface area contributed by atoms with Gasteiger partial charge in [0.15, 0.2) is 0 Å². The van der Waals surface area contributed by atoms with Crippen LogP contribution in [0.5, 0.6) is 0 Å². The third-order valence-electron chi connectivity index (χ3n) is 2.79. The maximum absolute atomic E-state index is 11.8. The molecule has 1 aromatic rings. The molecule has 0 bridgehead atoms. The van der Waals surface area contributed by atoms with Crippen molar-refractivity contribution in [3.8, 4) is 0 Å². The lowest BCUT2D eigenvalue weighted by molar-refractivity contribution is -0.122. The fraction of sp³-hybridized carbons (Fsp3) is 0.400. The molecular formula is C15H20N2O3S. The second-order valence-electron chi connectivity index (χ2n) is 4.35. The molecule has 0 heterocycles. The van der Waals surface area contributed by atoms with Crippen LogP contribution in [0.1, 0.15) is 25.8 Å². The average Bonchev–Trinajstić information content (AvgIpc) is 2.51. The molecule has 6 heteroatoms. The van der Waals surface area contributed by atoms with Gasteiger partial charge in [0.25, 0.3) is 0 Å². The number of carbonyl (C=O) groups is 3. The van der Waals surface area contributed by atoms with Crippen LogP contribution in [0.2, 0.25) is 0 Å². The van der Waals surface area contributed by atoms with Gasteiger partial charge in [-0.2, -0.15) is 0 Å². The first-order valence-corrected chi connectivity index (χ1v) is 7.85. The summed E-state index contributed by atoms with van der Waals surface area (Å²) in [6, 6.07) is 7.56. The molecular weight excluding hydrogens is 288 g/mol. The first-order chi connectivity index (χ1) is 10.1. The number of nitrogens with one attached hydrogen (secondary N) is 2. The number of benzene rings is 1. The zero-order valence-electron chi connectivity index (χ0n) is 12.3. The van der Waals surface area contributed by atoms with Crippen molar-refractivity contribution < 1.29 is 14.4 Å². The number of amides is 2. The van der Waals surface area contributed by atoms with Crippen LogP contribution in [0, 0.1) is 0 Å². The van der Waals surface area contributed by atoms with Gasteiger partial charge >= 0.3 is 0 Å². The van der Waals surface area contributed by atoms with E-state index in [1.54, 1.807) is 6.92 Å². The zero-order valence-corrected chi connectivity index (χ0v) is 13.1. The molecule has 0 radical (unpaired) electrons. The molecule has 0 aliphatic carbocycles. The van der Waals surface area contributed by atoms with Crippen molar-refractivity contribution in [3.63, 3.8) is 0 Å². The number of anilines is 1. The summed E-state index contributed by atoms with van der Waals surface area (Å²) >= 11 is 0.904. The third-order valence-corrected chi connectivity index (χ3v) is 3.66. The predicted molar refractivity (Wildman–Crippen MR) is 85.2 cm³/mol. The Morgan fingerprint density at radius 2 is 1.81 bits per heavy atom. The predicted octanol–water partition coefficient (Wildman–Crippen LogP) is 1.97. The second-order valence-corrected chi connectivity index (χ2v) is 5.38. The fourth-order valence-corrected chi connectivity index (χ4v) is 2.17. The van der Waals surface area contributed by atoms with E-state index in [0.717, 1.165) is 29.4 Å². The normalized spacial score (nSPS) is 10.0. The van der Waals surface area contributed by atoms with Gasteiger partial charge in [-0.3, -0.25) is 14.4 Å². The summed E-state index contributed by atoms with van der Waals surface area (Å²) < 4.78 is 0. The molecule has 1 rings (SSSR count). The van der Waals surface area contributed by atoms with Gasteiger partial charge in [0, 0.05) is 12.1 Å². The number of hydrogen-bond acceptors (Lipinski definition) is 4. The highest BCUT2D eigenvalue weighted by atomic mass is 32.2. The van der Waals surface area contributed by atoms with Gasteiger partial charge in [-0.25, -0.2) is 0 Å². The Balaban J connectivity index is 2.37. The van der Waals surface area contributed by atoms with Crippen molar-refractivity contribution in [1.82, 2.24) is 5.32 Å². The van der Waals surface area contributed by atoms with E-state index >= 15 is 0 Å². The summed E-state index contributed by atoms with van der Waals surface area (Å²) in [7, 11) is 0. The molecule has 0 aliphatic rings. The molecule has 2 amide bonds. The molecule has 0 aliphatic heterocycles. The summed E-state index contributed by atoms with van der Waals surface area (Å²) in [6.07, 6.45) is 1.16. The summed E-state index contributed by atoms with van der Waals surface area (Å²) in [5.74, 6) is -0.361. The Hall–Kier alpha value is -1.82. The molecule has 0 saturated carbocycles. The number of rotatable bonds is 7. The maximum Gasteiger partial charge on any atom is 0.234 e. The van der Waals surface area contributed by atoms with Gasteiger partial charge in [0.2, 0.25) is 16.9 Å². The molecule has 1 aromatic carbocycles. The minimum absolute atomic E-state index is 0.0406. The van der Waals surface area contributed by atoms with Gasteiger partial charge in [0.05, 0.1) is 12.3 Å². The van der Waals surface area contributed by atoms with Crippen molar-refractivity contribution in [1.29, 1.82) is 0 Å². The lowest BCUT2D eigenvalue weighted by atomic mass is 10.1. The van der Waals surface area contributed by atoms with Crippen LogP contribution in [0.15, 0.2) is 24.3 Å². The number of para-hydroxylation sites is 1. The molecule has 0 saturated heterocycles. The Bertz CT molecular complexity index is 517. The molecule has 0 fully saturated rings. The Morgan fingerprint density at radius 3 is 2.48 bits per heavy atom.